The van der Waals surface area contributed by atoms with Crippen LogP contribution in [0.2, 0.25) is 0 Å². The second-order valence-corrected chi connectivity index (χ2v) is 8.84. The highest BCUT2D eigenvalue weighted by Crippen LogP contribution is 2.28. The summed E-state index contributed by atoms with van der Waals surface area (Å²) < 4.78 is 50.2. The topological polar surface area (TPSA) is 89.4 Å². The molecule has 10 heteroatoms. The van der Waals surface area contributed by atoms with E-state index in [-0.39, 0.29) is 30.4 Å². The summed E-state index contributed by atoms with van der Waals surface area (Å²) >= 11 is 0. The van der Waals surface area contributed by atoms with Crippen molar-refractivity contribution >= 4 is 21.6 Å². The largest absolute Gasteiger partial charge is 0.497 e. The quantitative estimate of drug-likeness (QED) is 0.652. The molecule has 0 spiro atoms. The first-order valence-corrected chi connectivity index (χ1v) is 10.9. The highest BCUT2D eigenvalue weighted by Gasteiger charge is 2.31. The maximum absolute atomic E-state index is 13.1. The predicted molar refractivity (Wildman–Crippen MR) is 109 cm³/mol. The standard InChI is InChI=1S/C20H24FN3O5S/c1-28-16-5-8-18(19(13-16)29-2)22-20(25)14-23-9-11-24(12-10-23)30(26,27)17-6-3-15(21)4-7-17/h3-8,13H,9-12,14H2,1-2H3,(H,22,25)/p+1. The average Bonchev–Trinajstić information content (AvgIpc) is 2.74. The Morgan fingerprint density at radius 1 is 1.10 bits per heavy atom. The lowest BCUT2D eigenvalue weighted by atomic mass is 10.2. The van der Waals surface area contributed by atoms with Gasteiger partial charge in [-0.1, -0.05) is 0 Å². The van der Waals surface area contributed by atoms with Crippen LogP contribution in [0.15, 0.2) is 47.4 Å². The zero-order valence-electron chi connectivity index (χ0n) is 16.9. The van der Waals surface area contributed by atoms with Crippen molar-refractivity contribution in [1.29, 1.82) is 0 Å². The minimum Gasteiger partial charge on any atom is -0.497 e. The van der Waals surface area contributed by atoms with Crippen molar-refractivity contribution in [2.24, 2.45) is 0 Å². The van der Waals surface area contributed by atoms with Crippen molar-refractivity contribution in [3.63, 3.8) is 0 Å². The van der Waals surface area contributed by atoms with Crippen LogP contribution in [-0.2, 0) is 14.8 Å². The Labute approximate surface area is 175 Å². The summed E-state index contributed by atoms with van der Waals surface area (Å²) in [5.74, 6) is 0.438. The molecule has 8 nitrogen and oxygen atoms in total. The number of hydrogen-bond donors (Lipinski definition) is 2. The Morgan fingerprint density at radius 2 is 1.77 bits per heavy atom. The fraction of sp³-hybridized carbons (Fsp3) is 0.350. The molecule has 0 aromatic heterocycles. The number of methoxy groups -OCH3 is 2. The van der Waals surface area contributed by atoms with Crippen LogP contribution in [0.3, 0.4) is 0 Å². The van der Waals surface area contributed by atoms with Crippen LogP contribution in [0.5, 0.6) is 11.5 Å². The van der Waals surface area contributed by atoms with E-state index in [1.54, 1.807) is 25.3 Å². The van der Waals surface area contributed by atoms with Crippen molar-refractivity contribution in [1.82, 2.24) is 4.31 Å². The van der Waals surface area contributed by atoms with E-state index >= 15 is 0 Å². The Hall–Kier alpha value is -2.69. The zero-order valence-corrected chi connectivity index (χ0v) is 17.7. The fourth-order valence-electron chi connectivity index (χ4n) is 3.30. The van der Waals surface area contributed by atoms with Gasteiger partial charge in [0.1, 0.15) is 17.3 Å². The number of quaternary nitrogens is 1. The van der Waals surface area contributed by atoms with E-state index in [1.165, 1.54) is 23.5 Å². The molecule has 1 fully saturated rings. The smallest absolute Gasteiger partial charge is 0.279 e. The summed E-state index contributed by atoms with van der Waals surface area (Å²) in [7, 11) is -0.612. The summed E-state index contributed by atoms with van der Waals surface area (Å²) in [5.41, 5.74) is 0.542. The van der Waals surface area contributed by atoms with Gasteiger partial charge in [0.25, 0.3) is 5.91 Å². The molecule has 2 N–H and O–H groups in total. The molecular weight excluding hydrogens is 413 g/mol. The number of carbonyl (C=O) groups is 1. The molecule has 1 heterocycles. The van der Waals surface area contributed by atoms with E-state index in [4.69, 9.17) is 9.47 Å². The summed E-state index contributed by atoms with van der Waals surface area (Å²) in [6.07, 6.45) is 0. The van der Waals surface area contributed by atoms with Gasteiger partial charge in [-0.05, 0) is 36.4 Å². The fourth-order valence-corrected chi connectivity index (χ4v) is 4.74. The number of hydrogen-bond acceptors (Lipinski definition) is 5. The van der Waals surface area contributed by atoms with Gasteiger partial charge in [-0.3, -0.25) is 4.79 Å². The van der Waals surface area contributed by atoms with E-state index in [0.29, 0.717) is 30.3 Å². The number of sulfonamides is 1. The Bertz CT molecular complexity index is 990. The number of ether oxygens (including phenoxy) is 2. The summed E-state index contributed by atoms with van der Waals surface area (Å²) in [4.78, 5) is 13.5. The van der Waals surface area contributed by atoms with Gasteiger partial charge in [-0.25, -0.2) is 12.8 Å². The third kappa shape index (κ3) is 5.07. The van der Waals surface area contributed by atoms with Crippen LogP contribution in [-0.4, -0.2) is 65.6 Å². The highest BCUT2D eigenvalue weighted by atomic mass is 32.2. The second kappa shape index (κ2) is 9.41. The molecule has 1 aliphatic rings. The van der Waals surface area contributed by atoms with Crippen molar-refractivity contribution in [3.8, 4) is 11.5 Å². The van der Waals surface area contributed by atoms with Gasteiger partial charge in [0.15, 0.2) is 6.54 Å². The average molecular weight is 439 g/mol. The molecule has 0 saturated carbocycles. The summed E-state index contributed by atoms with van der Waals surface area (Å²) in [6, 6.07) is 9.90. The van der Waals surface area contributed by atoms with Gasteiger partial charge in [-0.2, -0.15) is 4.31 Å². The predicted octanol–water partition coefficient (Wildman–Crippen LogP) is 0.371. The molecule has 162 valence electrons. The number of nitrogens with zero attached hydrogens (tertiary/aromatic N) is 1. The molecule has 0 bridgehead atoms. The number of carbonyl (C=O) groups excluding carboxylic acids is 1. The maximum atomic E-state index is 13.1. The van der Waals surface area contributed by atoms with Gasteiger partial charge >= 0.3 is 0 Å². The van der Waals surface area contributed by atoms with Crippen LogP contribution in [0.1, 0.15) is 0 Å². The lowest BCUT2D eigenvalue weighted by Crippen LogP contribution is -3.15. The Kier molecular flexibility index (Phi) is 6.91. The molecule has 2 aromatic carbocycles. The summed E-state index contributed by atoms with van der Waals surface area (Å²) in [5, 5.41) is 2.82. The number of benzene rings is 2. The van der Waals surface area contributed by atoms with Crippen molar-refractivity contribution < 1.29 is 32.0 Å². The first kappa shape index (κ1) is 22.0. The number of anilines is 1. The number of rotatable bonds is 7. The van der Waals surface area contributed by atoms with Crippen LogP contribution < -0.4 is 19.7 Å². The highest BCUT2D eigenvalue weighted by molar-refractivity contribution is 7.89. The van der Waals surface area contributed by atoms with Crippen LogP contribution in [0.4, 0.5) is 10.1 Å². The van der Waals surface area contributed by atoms with Gasteiger partial charge in [-0.15, -0.1) is 0 Å². The molecule has 1 saturated heterocycles. The van der Waals surface area contributed by atoms with Crippen LogP contribution in [0, 0.1) is 5.82 Å². The molecule has 0 radical (unpaired) electrons. The summed E-state index contributed by atoms with van der Waals surface area (Å²) in [6.45, 7) is 1.77. The normalized spacial score (nSPS) is 15.6. The van der Waals surface area contributed by atoms with E-state index in [9.17, 15) is 17.6 Å². The minimum absolute atomic E-state index is 0.0664. The number of amides is 1. The third-order valence-electron chi connectivity index (χ3n) is 4.97. The lowest BCUT2D eigenvalue weighted by Gasteiger charge is -2.31. The van der Waals surface area contributed by atoms with E-state index in [2.05, 4.69) is 5.32 Å². The van der Waals surface area contributed by atoms with Crippen molar-refractivity contribution in [2.75, 3.05) is 52.3 Å². The maximum Gasteiger partial charge on any atom is 0.279 e. The Balaban J connectivity index is 1.55. The molecule has 1 amide bonds. The first-order valence-electron chi connectivity index (χ1n) is 9.44. The second-order valence-electron chi connectivity index (χ2n) is 6.90. The molecule has 0 atom stereocenters. The van der Waals surface area contributed by atoms with Gasteiger partial charge in [0.2, 0.25) is 10.0 Å². The lowest BCUT2D eigenvalue weighted by molar-refractivity contribution is -0.895. The number of nitrogens with one attached hydrogen (secondary N) is 2. The monoisotopic (exact) mass is 438 g/mol. The van der Waals surface area contributed by atoms with Gasteiger partial charge in [0, 0.05) is 6.07 Å². The van der Waals surface area contributed by atoms with E-state index in [0.717, 1.165) is 17.0 Å². The van der Waals surface area contributed by atoms with E-state index < -0.39 is 15.8 Å². The molecule has 1 aliphatic heterocycles. The molecular formula is C20H25FN3O5S+. The number of halogens is 1. The first-order chi connectivity index (χ1) is 14.3. The van der Waals surface area contributed by atoms with Gasteiger partial charge < -0.3 is 19.7 Å². The molecule has 0 unspecified atom stereocenters. The zero-order chi connectivity index (χ0) is 21.7. The molecule has 3 rings (SSSR count). The van der Waals surface area contributed by atoms with Crippen LogP contribution >= 0.6 is 0 Å². The van der Waals surface area contributed by atoms with Crippen molar-refractivity contribution in [3.05, 3.63) is 48.3 Å². The third-order valence-corrected chi connectivity index (χ3v) is 6.89. The Morgan fingerprint density at radius 3 is 2.37 bits per heavy atom. The van der Waals surface area contributed by atoms with Crippen molar-refractivity contribution in [2.45, 2.75) is 4.90 Å². The van der Waals surface area contributed by atoms with Gasteiger partial charge in [0.05, 0.1) is 51.0 Å². The number of piperazine rings is 1. The SMILES string of the molecule is COc1ccc(NC(=O)C[NH+]2CCN(S(=O)(=O)c3ccc(F)cc3)CC2)c(OC)c1. The minimum atomic E-state index is -3.67. The molecule has 30 heavy (non-hydrogen) atoms. The molecule has 2 aromatic rings. The van der Waals surface area contributed by atoms with Crippen LogP contribution in [0.25, 0.3) is 0 Å². The van der Waals surface area contributed by atoms with E-state index in [1.807, 2.05) is 0 Å². The molecule has 0 aliphatic carbocycles.